The van der Waals surface area contributed by atoms with Crippen LogP contribution < -0.4 is 5.46 Å². The van der Waals surface area contributed by atoms with E-state index < -0.39 is 24.2 Å². The van der Waals surface area contributed by atoms with Crippen LogP contribution in [0.3, 0.4) is 0 Å². The first kappa shape index (κ1) is 15.0. The Labute approximate surface area is 116 Å². The van der Waals surface area contributed by atoms with E-state index >= 15 is 0 Å². The number of benzene rings is 1. The molecule has 1 heterocycles. The summed E-state index contributed by atoms with van der Waals surface area (Å²) in [6.07, 6.45) is 0. The first-order chi connectivity index (χ1) is 9.84. The molecule has 5 nitrogen and oxygen atoms in total. The van der Waals surface area contributed by atoms with Gasteiger partial charge in [0.15, 0.2) is 5.69 Å². The molecule has 0 amide bonds. The van der Waals surface area contributed by atoms with Gasteiger partial charge >= 0.3 is 12.9 Å². The molecule has 0 fully saturated rings. The van der Waals surface area contributed by atoms with Crippen molar-refractivity contribution in [2.45, 2.75) is 6.92 Å². The summed E-state index contributed by atoms with van der Waals surface area (Å²) in [6.45, 7) is -3.87. The lowest BCUT2D eigenvalue weighted by atomic mass is 9.78. The average Bonchev–Trinajstić information content (AvgIpc) is 2.87. The molecule has 0 aliphatic heterocycles. The number of carbonyl (C=O) groups is 1. The number of nitrogens with one attached hydrogen (secondary N) is 1. The van der Waals surface area contributed by atoms with Gasteiger partial charge in [-0.25, -0.2) is 9.18 Å². The maximum absolute atomic E-state index is 13.2. The fraction of sp³-hybridized carbons (Fsp3) is 0.182. The number of nitrogens with zero attached hydrogens (tertiary/aromatic N) is 2. The van der Waals surface area contributed by atoms with E-state index in [1.807, 2.05) is 0 Å². The van der Waals surface area contributed by atoms with Gasteiger partial charge in [-0.15, -0.1) is 5.10 Å². The number of H-pyrrole nitrogens is 1. The van der Waals surface area contributed by atoms with Gasteiger partial charge in [0.05, 0.1) is 12.4 Å². The first-order valence-electron chi connectivity index (χ1n) is 5.92. The number of hydrogen-bond acceptors (Lipinski definition) is 4. The summed E-state index contributed by atoms with van der Waals surface area (Å²) in [5, 5.41) is 9.31. The fourth-order valence-corrected chi connectivity index (χ4v) is 1.72. The van der Waals surface area contributed by atoms with Crippen molar-refractivity contribution in [3.8, 4) is 11.3 Å². The van der Waals surface area contributed by atoms with Crippen LogP contribution >= 0.6 is 0 Å². The molecule has 0 spiro atoms. The second-order valence-corrected chi connectivity index (χ2v) is 4.05. The van der Waals surface area contributed by atoms with E-state index in [4.69, 9.17) is 4.74 Å². The first-order valence-corrected chi connectivity index (χ1v) is 5.92. The number of ether oxygens (including phenoxy) is 1. The maximum atomic E-state index is 13.2. The maximum Gasteiger partial charge on any atom is 0.512 e. The average molecular weight is 302 g/mol. The molecule has 0 saturated carbocycles. The van der Waals surface area contributed by atoms with Gasteiger partial charge in [-0.05, 0) is 19.1 Å². The van der Waals surface area contributed by atoms with Gasteiger partial charge in [-0.1, -0.05) is 11.5 Å². The van der Waals surface area contributed by atoms with Crippen LogP contribution in [0.5, 0.6) is 0 Å². The van der Waals surface area contributed by atoms with Crippen molar-refractivity contribution in [3.05, 3.63) is 29.7 Å². The normalized spacial score (nSPS) is 11.5. The molecule has 0 aliphatic carbocycles. The van der Waals surface area contributed by atoms with Crippen molar-refractivity contribution in [2.24, 2.45) is 0 Å². The third kappa shape index (κ3) is 3.04. The Balaban J connectivity index is 2.49. The summed E-state index contributed by atoms with van der Waals surface area (Å²) in [5.74, 6) is -2.21. The Kier molecular flexibility index (Phi) is 3.96. The highest BCUT2D eigenvalue weighted by Crippen LogP contribution is 2.22. The van der Waals surface area contributed by atoms with Crippen molar-refractivity contribution in [2.75, 3.05) is 6.61 Å². The Bertz CT molecular complexity index is 672. The van der Waals surface area contributed by atoms with Crippen molar-refractivity contribution < 1.29 is 26.9 Å². The van der Waals surface area contributed by atoms with Crippen molar-refractivity contribution >= 4 is 18.4 Å². The number of rotatable bonds is 4. The molecule has 0 unspecified atom stereocenters. The number of halogens is 4. The SMILES string of the molecule is CCOC(=O)c1n[nH]nc1-c1ccc(F)c([B-](F)(F)F)c1. The van der Waals surface area contributed by atoms with Crippen LogP contribution in [0.1, 0.15) is 17.4 Å². The molecule has 0 saturated heterocycles. The van der Waals surface area contributed by atoms with E-state index in [1.54, 1.807) is 6.92 Å². The highest BCUT2D eigenvalue weighted by molar-refractivity contribution is 6.73. The molecular weight excluding hydrogens is 293 g/mol. The van der Waals surface area contributed by atoms with E-state index in [1.165, 1.54) is 0 Å². The number of aromatic amines is 1. The third-order valence-electron chi connectivity index (χ3n) is 2.64. The van der Waals surface area contributed by atoms with Crippen molar-refractivity contribution in [3.63, 3.8) is 0 Å². The number of esters is 1. The molecule has 112 valence electrons. The van der Waals surface area contributed by atoms with Crippen LogP contribution in [-0.2, 0) is 4.74 Å². The zero-order chi connectivity index (χ0) is 15.6. The summed E-state index contributed by atoms with van der Waals surface area (Å²) in [4.78, 5) is 11.6. The van der Waals surface area contributed by atoms with E-state index in [2.05, 4.69) is 15.4 Å². The molecule has 1 aromatic heterocycles. The van der Waals surface area contributed by atoms with E-state index in [-0.39, 0.29) is 23.6 Å². The fourth-order valence-electron chi connectivity index (χ4n) is 1.72. The molecule has 2 aromatic rings. The summed E-state index contributed by atoms with van der Waals surface area (Å²) in [6, 6.07) is 2.35. The van der Waals surface area contributed by atoms with Gasteiger partial charge in [0.25, 0.3) is 0 Å². The summed E-state index contributed by atoms with van der Waals surface area (Å²) >= 11 is 0. The lowest BCUT2D eigenvalue weighted by molar-refractivity contribution is 0.0520. The standard InChI is InChI=1S/C11H9BF4N3O2/c1-2-21-11(20)10-9(17-19-18-10)6-3-4-8(13)7(5-6)12(14,15)16/h3-5H,2H2,1H3,(H,17,18,19)/q-1. The smallest absolute Gasteiger partial charge is 0.461 e. The number of hydrogen-bond donors (Lipinski definition) is 1. The van der Waals surface area contributed by atoms with Crippen LogP contribution in [0.15, 0.2) is 18.2 Å². The van der Waals surface area contributed by atoms with Gasteiger partial charge < -0.3 is 17.7 Å². The molecule has 0 atom stereocenters. The number of aromatic nitrogens is 3. The van der Waals surface area contributed by atoms with Crippen molar-refractivity contribution in [1.82, 2.24) is 15.4 Å². The van der Waals surface area contributed by atoms with Crippen LogP contribution in [-0.4, -0.2) is 35.0 Å². The monoisotopic (exact) mass is 302 g/mol. The molecule has 0 aliphatic rings. The Morgan fingerprint density at radius 1 is 1.33 bits per heavy atom. The second kappa shape index (κ2) is 5.54. The van der Waals surface area contributed by atoms with E-state index in [9.17, 15) is 22.1 Å². The Morgan fingerprint density at radius 2 is 2.05 bits per heavy atom. The Hall–Kier alpha value is -2.39. The van der Waals surface area contributed by atoms with Gasteiger partial charge in [-0.3, -0.25) is 0 Å². The molecule has 0 bridgehead atoms. The minimum Gasteiger partial charge on any atom is -0.461 e. The molecule has 21 heavy (non-hydrogen) atoms. The molecule has 10 heteroatoms. The summed E-state index contributed by atoms with van der Waals surface area (Å²) in [5.41, 5.74) is -1.86. The molecule has 1 N–H and O–H groups in total. The van der Waals surface area contributed by atoms with E-state index in [0.717, 1.165) is 6.07 Å². The predicted octanol–water partition coefficient (Wildman–Crippen LogP) is 1.84. The molecule has 2 rings (SSSR count). The second-order valence-electron chi connectivity index (χ2n) is 4.05. The van der Waals surface area contributed by atoms with Crippen LogP contribution in [0.25, 0.3) is 11.3 Å². The summed E-state index contributed by atoms with van der Waals surface area (Å²) < 4.78 is 56.2. The van der Waals surface area contributed by atoms with Gasteiger partial charge in [0.1, 0.15) is 5.69 Å². The lowest BCUT2D eigenvalue weighted by Gasteiger charge is -2.16. The molecular formula is C11H9BF4N3O2-. The topological polar surface area (TPSA) is 67.9 Å². The zero-order valence-electron chi connectivity index (χ0n) is 10.7. The number of carbonyl (C=O) groups excluding carboxylic acids is 1. The predicted molar refractivity (Wildman–Crippen MR) is 66.4 cm³/mol. The molecule has 0 radical (unpaired) electrons. The van der Waals surface area contributed by atoms with Crippen LogP contribution in [0, 0.1) is 5.82 Å². The largest absolute Gasteiger partial charge is 0.512 e. The summed E-state index contributed by atoms with van der Waals surface area (Å²) in [7, 11) is 0. The highest BCUT2D eigenvalue weighted by atomic mass is 19.4. The minimum atomic E-state index is -5.52. The van der Waals surface area contributed by atoms with Crippen LogP contribution in [0.2, 0.25) is 0 Å². The van der Waals surface area contributed by atoms with Crippen LogP contribution in [0.4, 0.5) is 17.3 Å². The molecule has 1 aromatic carbocycles. The highest BCUT2D eigenvalue weighted by Gasteiger charge is 2.30. The minimum absolute atomic E-state index is 0.0749. The van der Waals surface area contributed by atoms with Gasteiger partial charge in [-0.2, -0.15) is 10.3 Å². The van der Waals surface area contributed by atoms with Gasteiger partial charge in [0, 0.05) is 5.56 Å². The zero-order valence-corrected chi connectivity index (χ0v) is 10.7. The Morgan fingerprint density at radius 3 is 2.67 bits per heavy atom. The quantitative estimate of drug-likeness (QED) is 0.531. The lowest BCUT2D eigenvalue weighted by Crippen LogP contribution is -2.36. The van der Waals surface area contributed by atoms with Gasteiger partial charge in [0.2, 0.25) is 0 Å². The third-order valence-corrected chi connectivity index (χ3v) is 2.64. The van der Waals surface area contributed by atoms with Crippen molar-refractivity contribution in [1.29, 1.82) is 0 Å². The van der Waals surface area contributed by atoms with E-state index in [0.29, 0.717) is 12.1 Å².